The van der Waals surface area contributed by atoms with Gasteiger partial charge in [0.2, 0.25) is 11.7 Å². The fraction of sp³-hybridized carbons (Fsp3) is 0.118. The molecule has 2 aromatic carbocycles. The van der Waals surface area contributed by atoms with Gasteiger partial charge >= 0.3 is 0 Å². The van der Waals surface area contributed by atoms with Gasteiger partial charge in [0.25, 0.3) is 5.91 Å². The molecule has 0 spiro atoms. The number of ether oxygens (including phenoxy) is 1. The van der Waals surface area contributed by atoms with E-state index in [-0.39, 0.29) is 19.1 Å². The van der Waals surface area contributed by atoms with Crippen LogP contribution >= 0.6 is 27.5 Å². The van der Waals surface area contributed by atoms with E-state index in [1.54, 1.807) is 30.3 Å². The monoisotopic (exact) mass is 421 g/mol. The van der Waals surface area contributed by atoms with Crippen molar-refractivity contribution in [2.45, 2.75) is 6.54 Å². The molecule has 0 aliphatic rings. The topological polar surface area (TPSA) is 77.2 Å². The maximum atomic E-state index is 11.8. The van der Waals surface area contributed by atoms with Crippen molar-refractivity contribution < 1.29 is 14.1 Å². The van der Waals surface area contributed by atoms with Gasteiger partial charge in [-0.3, -0.25) is 4.79 Å². The number of aromatic nitrogens is 2. The largest absolute Gasteiger partial charge is 0.484 e. The van der Waals surface area contributed by atoms with Crippen molar-refractivity contribution in [1.29, 1.82) is 0 Å². The first-order valence-corrected chi connectivity index (χ1v) is 8.51. The van der Waals surface area contributed by atoms with Gasteiger partial charge in [0, 0.05) is 15.1 Å². The summed E-state index contributed by atoms with van der Waals surface area (Å²) in [6.07, 6.45) is 0. The molecule has 8 heteroatoms. The summed E-state index contributed by atoms with van der Waals surface area (Å²) in [5.74, 6) is 1.04. The molecule has 128 valence electrons. The van der Waals surface area contributed by atoms with E-state index >= 15 is 0 Å². The highest BCUT2D eigenvalue weighted by Gasteiger charge is 2.10. The van der Waals surface area contributed by atoms with E-state index in [9.17, 15) is 4.79 Å². The molecule has 0 saturated carbocycles. The Morgan fingerprint density at radius 2 is 2.04 bits per heavy atom. The molecule has 3 aromatic rings. The molecular weight excluding hydrogens is 410 g/mol. The lowest BCUT2D eigenvalue weighted by Crippen LogP contribution is -2.28. The number of carbonyl (C=O) groups excluding carboxylic acids is 1. The summed E-state index contributed by atoms with van der Waals surface area (Å²) in [4.78, 5) is 16.0. The minimum absolute atomic E-state index is 0.100. The maximum Gasteiger partial charge on any atom is 0.258 e. The van der Waals surface area contributed by atoms with Gasteiger partial charge in [0.05, 0.1) is 6.54 Å². The lowest BCUT2D eigenvalue weighted by atomic mass is 10.2. The smallest absolute Gasteiger partial charge is 0.258 e. The molecular formula is C17H13BrClN3O3. The molecule has 0 aliphatic heterocycles. The number of rotatable bonds is 6. The molecule has 1 N–H and O–H groups in total. The number of nitrogens with one attached hydrogen (secondary N) is 1. The van der Waals surface area contributed by atoms with Gasteiger partial charge < -0.3 is 14.6 Å². The molecule has 1 heterocycles. The standard InChI is InChI=1S/C17H13BrClN3O3/c18-12-4-6-14(7-5-12)24-10-15(23)20-9-16-21-17(22-25-16)11-2-1-3-13(19)8-11/h1-8H,9-10H2,(H,20,23). The lowest BCUT2D eigenvalue weighted by Gasteiger charge is -2.06. The summed E-state index contributed by atoms with van der Waals surface area (Å²) in [5, 5.41) is 7.12. The molecule has 0 aliphatic carbocycles. The Labute approximate surface area is 157 Å². The van der Waals surface area contributed by atoms with Gasteiger partial charge in [0.1, 0.15) is 5.75 Å². The van der Waals surface area contributed by atoms with Crippen LogP contribution in [0.25, 0.3) is 11.4 Å². The molecule has 3 rings (SSSR count). The molecule has 0 atom stereocenters. The van der Waals surface area contributed by atoms with E-state index in [1.165, 1.54) is 0 Å². The third-order valence-corrected chi connectivity index (χ3v) is 3.94. The quantitative estimate of drug-likeness (QED) is 0.653. The van der Waals surface area contributed by atoms with Crippen molar-refractivity contribution in [3.8, 4) is 17.1 Å². The van der Waals surface area contributed by atoms with Gasteiger partial charge in [-0.1, -0.05) is 44.8 Å². The van der Waals surface area contributed by atoms with Crippen LogP contribution in [0.5, 0.6) is 5.75 Å². The van der Waals surface area contributed by atoms with E-state index in [0.717, 1.165) is 10.0 Å². The predicted octanol–water partition coefficient (Wildman–Crippen LogP) is 3.85. The second kappa shape index (κ2) is 8.13. The molecule has 1 amide bonds. The zero-order valence-electron chi connectivity index (χ0n) is 12.9. The fourth-order valence-corrected chi connectivity index (χ4v) is 2.43. The minimum Gasteiger partial charge on any atom is -0.484 e. The van der Waals surface area contributed by atoms with Crippen molar-refractivity contribution in [2.75, 3.05) is 6.61 Å². The zero-order chi connectivity index (χ0) is 17.6. The molecule has 0 bridgehead atoms. The summed E-state index contributed by atoms with van der Waals surface area (Å²) in [5.41, 5.74) is 0.743. The van der Waals surface area contributed by atoms with Crippen LogP contribution in [0.3, 0.4) is 0 Å². The lowest BCUT2D eigenvalue weighted by molar-refractivity contribution is -0.123. The third kappa shape index (κ3) is 5.04. The number of nitrogens with zero attached hydrogens (tertiary/aromatic N) is 2. The Morgan fingerprint density at radius 3 is 2.80 bits per heavy atom. The van der Waals surface area contributed by atoms with Gasteiger partial charge in [-0.05, 0) is 36.4 Å². The second-order valence-electron chi connectivity index (χ2n) is 5.04. The van der Waals surface area contributed by atoms with Crippen molar-refractivity contribution in [2.24, 2.45) is 0 Å². The van der Waals surface area contributed by atoms with Gasteiger partial charge in [0.15, 0.2) is 6.61 Å². The molecule has 0 fully saturated rings. The molecule has 25 heavy (non-hydrogen) atoms. The van der Waals surface area contributed by atoms with Gasteiger partial charge in [-0.2, -0.15) is 4.98 Å². The Hall–Kier alpha value is -2.38. The Morgan fingerprint density at radius 1 is 1.24 bits per heavy atom. The second-order valence-corrected chi connectivity index (χ2v) is 6.39. The Bertz CT molecular complexity index is 868. The Balaban J connectivity index is 1.50. The summed E-state index contributed by atoms with van der Waals surface area (Å²) in [6.45, 7) is 0.0208. The summed E-state index contributed by atoms with van der Waals surface area (Å²) in [6, 6.07) is 14.3. The van der Waals surface area contributed by atoms with Crippen LogP contribution in [-0.2, 0) is 11.3 Å². The number of benzene rings is 2. The van der Waals surface area contributed by atoms with E-state index < -0.39 is 0 Å². The molecule has 0 unspecified atom stereocenters. The van der Waals surface area contributed by atoms with Crippen molar-refractivity contribution in [3.05, 3.63) is 63.9 Å². The third-order valence-electron chi connectivity index (χ3n) is 3.17. The highest BCUT2D eigenvalue weighted by molar-refractivity contribution is 9.10. The van der Waals surface area contributed by atoms with Crippen LogP contribution in [0.4, 0.5) is 0 Å². The van der Waals surface area contributed by atoms with E-state index in [1.807, 2.05) is 18.2 Å². The molecule has 0 saturated heterocycles. The number of halogens is 2. The summed E-state index contributed by atoms with van der Waals surface area (Å²) >= 11 is 9.27. The van der Waals surface area contributed by atoms with Crippen molar-refractivity contribution in [1.82, 2.24) is 15.5 Å². The van der Waals surface area contributed by atoms with Crippen LogP contribution in [0.1, 0.15) is 5.89 Å². The number of amides is 1. The summed E-state index contributed by atoms with van der Waals surface area (Å²) < 4.78 is 11.4. The van der Waals surface area contributed by atoms with Crippen LogP contribution < -0.4 is 10.1 Å². The first kappa shape index (κ1) is 17.4. The van der Waals surface area contributed by atoms with Crippen LogP contribution in [0.15, 0.2) is 57.5 Å². The number of hydrogen-bond donors (Lipinski definition) is 1. The summed E-state index contributed by atoms with van der Waals surface area (Å²) in [7, 11) is 0. The zero-order valence-corrected chi connectivity index (χ0v) is 15.3. The predicted molar refractivity (Wildman–Crippen MR) is 96.2 cm³/mol. The molecule has 1 aromatic heterocycles. The van der Waals surface area contributed by atoms with Gasteiger partial charge in [-0.15, -0.1) is 0 Å². The SMILES string of the molecule is O=C(COc1ccc(Br)cc1)NCc1nc(-c2cccc(Cl)c2)no1. The maximum absolute atomic E-state index is 11.8. The molecule has 6 nitrogen and oxygen atoms in total. The highest BCUT2D eigenvalue weighted by Crippen LogP contribution is 2.20. The number of carbonyl (C=O) groups is 1. The highest BCUT2D eigenvalue weighted by atomic mass is 79.9. The average molecular weight is 423 g/mol. The first-order valence-electron chi connectivity index (χ1n) is 7.34. The minimum atomic E-state index is -0.287. The van der Waals surface area contributed by atoms with E-state index in [4.69, 9.17) is 20.9 Å². The fourth-order valence-electron chi connectivity index (χ4n) is 1.98. The van der Waals surface area contributed by atoms with Gasteiger partial charge in [-0.25, -0.2) is 0 Å². The van der Waals surface area contributed by atoms with Crippen LogP contribution in [0.2, 0.25) is 5.02 Å². The first-order chi connectivity index (χ1) is 12.1. The molecule has 0 radical (unpaired) electrons. The van der Waals surface area contributed by atoms with Crippen LogP contribution in [-0.4, -0.2) is 22.7 Å². The van der Waals surface area contributed by atoms with E-state index in [0.29, 0.717) is 22.5 Å². The van der Waals surface area contributed by atoms with Crippen LogP contribution in [0, 0.1) is 0 Å². The van der Waals surface area contributed by atoms with Crippen molar-refractivity contribution >= 4 is 33.4 Å². The van der Waals surface area contributed by atoms with E-state index in [2.05, 4.69) is 31.4 Å². The number of hydrogen-bond acceptors (Lipinski definition) is 5. The normalized spacial score (nSPS) is 10.5. The average Bonchev–Trinajstić information content (AvgIpc) is 3.08. The Kier molecular flexibility index (Phi) is 5.67. The van der Waals surface area contributed by atoms with Crippen molar-refractivity contribution in [3.63, 3.8) is 0 Å².